The Kier molecular flexibility index (Phi) is 2.85. The van der Waals surface area contributed by atoms with Crippen LogP contribution in [0.2, 0.25) is 0 Å². The Morgan fingerprint density at radius 3 is 2.67 bits per heavy atom. The van der Waals surface area contributed by atoms with Gasteiger partial charge >= 0.3 is 0 Å². The number of hydrogen-bond donors (Lipinski definition) is 1. The summed E-state index contributed by atoms with van der Waals surface area (Å²) < 4.78 is 5.46. The molecule has 0 bridgehead atoms. The van der Waals surface area contributed by atoms with Gasteiger partial charge in [-0.3, -0.25) is 4.79 Å². The molecule has 3 nitrogen and oxygen atoms in total. The van der Waals surface area contributed by atoms with Crippen LogP contribution in [0.4, 0.5) is 0 Å². The lowest BCUT2D eigenvalue weighted by Crippen LogP contribution is -2.47. The Bertz CT molecular complexity index is 177. The van der Waals surface area contributed by atoms with Crippen LogP contribution in [0.25, 0.3) is 0 Å². The van der Waals surface area contributed by atoms with Crippen molar-refractivity contribution in [1.82, 2.24) is 0 Å². The summed E-state index contributed by atoms with van der Waals surface area (Å²) >= 11 is 0. The molecular weight excluding hydrogens is 156 g/mol. The number of ether oxygens (including phenoxy) is 1. The highest BCUT2D eigenvalue weighted by Gasteiger charge is 2.35. The zero-order chi connectivity index (χ0) is 9.30. The molecule has 0 saturated carbocycles. The van der Waals surface area contributed by atoms with Crippen LogP contribution in [-0.2, 0) is 9.53 Å². The number of carbonyl (C=O) groups excluding carboxylic acids is 1. The Hall–Kier alpha value is -0.410. The van der Waals surface area contributed by atoms with Crippen molar-refractivity contribution in [2.45, 2.75) is 45.5 Å². The second-order valence-electron chi connectivity index (χ2n) is 3.77. The predicted molar refractivity (Wildman–Crippen MR) is 44.8 cm³/mol. The number of hydrogen-bond acceptors (Lipinski definition) is 3. The summed E-state index contributed by atoms with van der Waals surface area (Å²) in [7, 11) is 0. The van der Waals surface area contributed by atoms with E-state index in [1.807, 2.05) is 20.8 Å². The Morgan fingerprint density at radius 2 is 2.17 bits per heavy atom. The first-order valence-corrected chi connectivity index (χ1v) is 4.38. The molecule has 0 aliphatic carbocycles. The largest absolute Gasteiger partial charge is 0.383 e. The van der Waals surface area contributed by atoms with Crippen molar-refractivity contribution in [3.63, 3.8) is 0 Å². The van der Waals surface area contributed by atoms with Crippen molar-refractivity contribution in [1.29, 1.82) is 0 Å². The Morgan fingerprint density at radius 1 is 1.58 bits per heavy atom. The van der Waals surface area contributed by atoms with E-state index in [1.165, 1.54) is 0 Å². The van der Waals surface area contributed by atoms with E-state index in [1.54, 1.807) is 0 Å². The fraction of sp³-hybridized carbons (Fsp3) is 0.889. The maximum absolute atomic E-state index is 11.2. The average Bonchev–Trinajstić information content (AvgIpc) is 1.96. The summed E-state index contributed by atoms with van der Waals surface area (Å²) in [5.41, 5.74) is 0. The first-order chi connectivity index (χ1) is 5.52. The maximum Gasteiger partial charge on any atom is 0.166 e. The molecule has 12 heavy (non-hydrogen) atoms. The fourth-order valence-electron chi connectivity index (χ4n) is 1.50. The van der Waals surface area contributed by atoms with Gasteiger partial charge in [0.25, 0.3) is 0 Å². The molecule has 1 N–H and O–H groups in total. The van der Waals surface area contributed by atoms with Crippen molar-refractivity contribution in [2.75, 3.05) is 0 Å². The van der Waals surface area contributed by atoms with Crippen LogP contribution in [0.15, 0.2) is 0 Å². The average molecular weight is 172 g/mol. The summed E-state index contributed by atoms with van der Waals surface area (Å²) in [6, 6.07) is 0. The standard InChI is InChI=1S/C9H16O3/c1-5(2)9-8(11)7(10)4-6(3)12-9/h5-6,8-9,11H,4H2,1-3H3. The van der Waals surface area contributed by atoms with E-state index >= 15 is 0 Å². The summed E-state index contributed by atoms with van der Waals surface area (Å²) in [6.45, 7) is 5.75. The van der Waals surface area contributed by atoms with E-state index in [4.69, 9.17) is 4.74 Å². The van der Waals surface area contributed by atoms with Gasteiger partial charge in [-0.25, -0.2) is 0 Å². The minimum Gasteiger partial charge on any atom is -0.383 e. The van der Waals surface area contributed by atoms with Gasteiger partial charge in [0.1, 0.15) is 6.10 Å². The van der Waals surface area contributed by atoms with Gasteiger partial charge in [0.15, 0.2) is 5.78 Å². The lowest BCUT2D eigenvalue weighted by Gasteiger charge is -2.33. The molecule has 1 saturated heterocycles. The van der Waals surface area contributed by atoms with Crippen molar-refractivity contribution in [3.05, 3.63) is 0 Å². The monoisotopic (exact) mass is 172 g/mol. The number of carbonyl (C=O) groups is 1. The first kappa shape index (κ1) is 9.68. The van der Waals surface area contributed by atoms with Gasteiger partial charge in [0.05, 0.1) is 12.2 Å². The van der Waals surface area contributed by atoms with E-state index in [9.17, 15) is 9.90 Å². The molecule has 3 atom stereocenters. The zero-order valence-electron chi connectivity index (χ0n) is 7.78. The van der Waals surface area contributed by atoms with Gasteiger partial charge in [-0.05, 0) is 12.8 Å². The molecule has 1 fully saturated rings. The highest BCUT2D eigenvalue weighted by Crippen LogP contribution is 2.21. The number of aliphatic hydroxyl groups is 1. The van der Waals surface area contributed by atoms with Crippen molar-refractivity contribution in [3.8, 4) is 0 Å². The molecule has 0 spiro atoms. The van der Waals surface area contributed by atoms with Gasteiger partial charge < -0.3 is 9.84 Å². The first-order valence-electron chi connectivity index (χ1n) is 4.38. The van der Waals surface area contributed by atoms with Crippen LogP contribution in [0.3, 0.4) is 0 Å². The smallest absolute Gasteiger partial charge is 0.166 e. The van der Waals surface area contributed by atoms with Crippen molar-refractivity contribution in [2.24, 2.45) is 5.92 Å². The molecule has 0 aromatic carbocycles. The van der Waals surface area contributed by atoms with Crippen LogP contribution in [0.1, 0.15) is 27.2 Å². The minimum absolute atomic E-state index is 0.0479. The highest BCUT2D eigenvalue weighted by molar-refractivity contribution is 5.84. The van der Waals surface area contributed by atoms with Crippen molar-refractivity contribution >= 4 is 5.78 Å². The van der Waals surface area contributed by atoms with Crippen LogP contribution >= 0.6 is 0 Å². The third-order valence-electron chi connectivity index (χ3n) is 2.18. The Labute approximate surface area is 72.7 Å². The molecule has 70 valence electrons. The predicted octanol–water partition coefficient (Wildman–Crippen LogP) is 0.750. The quantitative estimate of drug-likeness (QED) is 0.635. The highest BCUT2D eigenvalue weighted by atomic mass is 16.5. The normalized spacial score (nSPS) is 37.4. The lowest BCUT2D eigenvalue weighted by atomic mass is 9.93. The molecule has 3 heteroatoms. The molecule has 0 amide bonds. The van der Waals surface area contributed by atoms with E-state index in [-0.39, 0.29) is 23.9 Å². The molecular formula is C9H16O3. The van der Waals surface area contributed by atoms with Crippen LogP contribution in [0, 0.1) is 5.92 Å². The number of ketones is 1. The van der Waals surface area contributed by atoms with Gasteiger partial charge in [-0.15, -0.1) is 0 Å². The molecule has 1 aliphatic rings. The third-order valence-corrected chi connectivity index (χ3v) is 2.18. The van der Waals surface area contributed by atoms with Crippen LogP contribution < -0.4 is 0 Å². The molecule has 0 radical (unpaired) electrons. The van der Waals surface area contributed by atoms with Crippen LogP contribution in [0.5, 0.6) is 0 Å². The molecule has 0 aromatic heterocycles. The third kappa shape index (κ3) is 1.84. The van der Waals surface area contributed by atoms with Gasteiger partial charge in [-0.1, -0.05) is 13.8 Å². The van der Waals surface area contributed by atoms with Gasteiger partial charge in [-0.2, -0.15) is 0 Å². The fourth-order valence-corrected chi connectivity index (χ4v) is 1.50. The van der Waals surface area contributed by atoms with Gasteiger partial charge in [0, 0.05) is 6.42 Å². The molecule has 1 rings (SSSR count). The molecule has 1 heterocycles. The molecule has 1 aliphatic heterocycles. The number of rotatable bonds is 1. The zero-order valence-corrected chi connectivity index (χ0v) is 7.78. The molecule has 0 aromatic rings. The van der Waals surface area contributed by atoms with Crippen molar-refractivity contribution < 1.29 is 14.6 Å². The van der Waals surface area contributed by atoms with E-state index < -0.39 is 6.10 Å². The molecule has 3 unspecified atom stereocenters. The lowest BCUT2D eigenvalue weighted by molar-refractivity contribution is -0.161. The summed E-state index contributed by atoms with van der Waals surface area (Å²) in [4.78, 5) is 11.2. The number of aliphatic hydroxyl groups excluding tert-OH is 1. The Balaban J connectivity index is 2.66. The second-order valence-corrected chi connectivity index (χ2v) is 3.77. The summed E-state index contributed by atoms with van der Waals surface area (Å²) in [5, 5.41) is 9.45. The summed E-state index contributed by atoms with van der Waals surface area (Å²) in [5.74, 6) is 0.0964. The maximum atomic E-state index is 11.2. The number of Topliss-reactive ketones (excluding diaryl/α,β-unsaturated/α-hetero) is 1. The second kappa shape index (κ2) is 3.54. The topological polar surface area (TPSA) is 46.5 Å². The van der Waals surface area contributed by atoms with E-state index in [0.29, 0.717) is 6.42 Å². The van der Waals surface area contributed by atoms with E-state index in [0.717, 1.165) is 0 Å². The van der Waals surface area contributed by atoms with Gasteiger partial charge in [0.2, 0.25) is 0 Å². The minimum atomic E-state index is -0.916. The van der Waals surface area contributed by atoms with Crippen LogP contribution in [-0.4, -0.2) is 29.2 Å². The van der Waals surface area contributed by atoms with E-state index in [2.05, 4.69) is 0 Å². The summed E-state index contributed by atoms with van der Waals surface area (Å²) in [6.07, 6.45) is -0.944. The SMILES string of the molecule is CC1CC(=O)C(O)C(C(C)C)O1.